The minimum Gasteiger partial charge on any atom is -0.335 e. The van der Waals surface area contributed by atoms with Gasteiger partial charge in [-0.2, -0.15) is 0 Å². The fourth-order valence-corrected chi connectivity index (χ4v) is 4.82. The highest BCUT2D eigenvalue weighted by atomic mass is 32.2. The average Bonchev–Trinajstić information content (AvgIpc) is 3.04. The Balaban J connectivity index is 1.84. The van der Waals surface area contributed by atoms with Crippen molar-refractivity contribution in [1.82, 2.24) is 10.3 Å². The van der Waals surface area contributed by atoms with E-state index in [4.69, 9.17) is 0 Å². The Labute approximate surface area is 168 Å². The lowest BCUT2D eigenvalue weighted by atomic mass is 10.2. The largest absolute Gasteiger partial charge is 0.335 e. The van der Waals surface area contributed by atoms with Crippen LogP contribution in [0.1, 0.15) is 25.8 Å². The van der Waals surface area contributed by atoms with E-state index in [2.05, 4.69) is 20.3 Å². The summed E-state index contributed by atoms with van der Waals surface area (Å²) < 4.78 is 28.3. The molecule has 0 spiro atoms. The molecule has 148 valence electrons. The molecule has 3 aromatic rings. The third-order valence-electron chi connectivity index (χ3n) is 4.21. The summed E-state index contributed by atoms with van der Waals surface area (Å²) in [6, 6.07) is 11.5. The van der Waals surface area contributed by atoms with Gasteiger partial charge in [0.2, 0.25) is 0 Å². The number of anilines is 2. The van der Waals surface area contributed by atoms with Crippen LogP contribution in [0.3, 0.4) is 0 Å². The van der Waals surface area contributed by atoms with Crippen LogP contribution < -0.4 is 15.4 Å². The number of sulfonamides is 1. The number of amides is 2. The van der Waals surface area contributed by atoms with Crippen LogP contribution in [0.25, 0.3) is 10.2 Å². The lowest BCUT2D eigenvalue weighted by Crippen LogP contribution is -2.35. The number of carbonyl (C=O) groups is 1. The van der Waals surface area contributed by atoms with Crippen molar-refractivity contribution in [3.05, 3.63) is 48.0 Å². The number of rotatable bonds is 6. The van der Waals surface area contributed by atoms with Gasteiger partial charge in [-0.1, -0.05) is 36.5 Å². The van der Waals surface area contributed by atoms with Crippen molar-refractivity contribution in [2.24, 2.45) is 0 Å². The van der Waals surface area contributed by atoms with E-state index in [0.717, 1.165) is 16.7 Å². The van der Waals surface area contributed by atoms with E-state index in [9.17, 15) is 13.2 Å². The number of aromatic nitrogens is 1. The third-order valence-corrected chi connectivity index (χ3v) is 6.61. The summed E-state index contributed by atoms with van der Waals surface area (Å²) in [5.41, 5.74) is 2.17. The maximum absolute atomic E-state index is 12.5. The first-order valence-corrected chi connectivity index (χ1v) is 11.1. The summed E-state index contributed by atoms with van der Waals surface area (Å²) in [4.78, 5) is 16.6. The van der Waals surface area contributed by atoms with Crippen molar-refractivity contribution in [2.45, 2.75) is 38.1 Å². The van der Waals surface area contributed by atoms with Crippen molar-refractivity contribution < 1.29 is 13.2 Å². The van der Waals surface area contributed by atoms with Crippen LogP contribution in [0, 0.1) is 6.92 Å². The van der Waals surface area contributed by atoms with Crippen molar-refractivity contribution in [3.8, 4) is 0 Å². The minimum absolute atomic E-state index is 0.0761. The summed E-state index contributed by atoms with van der Waals surface area (Å²) in [5, 5.41) is 5.94. The number of carbonyl (C=O) groups excluding carboxylic acids is 1. The van der Waals surface area contributed by atoms with Crippen LogP contribution in [-0.2, 0) is 10.0 Å². The van der Waals surface area contributed by atoms with E-state index in [-0.39, 0.29) is 22.1 Å². The molecule has 7 nitrogen and oxygen atoms in total. The Morgan fingerprint density at radius 1 is 1.21 bits per heavy atom. The molecule has 0 aliphatic rings. The van der Waals surface area contributed by atoms with Crippen LogP contribution in [0.2, 0.25) is 0 Å². The molecule has 0 radical (unpaired) electrons. The zero-order chi connectivity index (χ0) is 20.3. The standard InChI is InChI=1S/C19H22N4O3S2/c1-4-13(3)20-18(24)21-14-10-12(2)17-16(11-14)27-19(22-17)23-28(25,26)15-8-6-5-7-9-15/h5-11,13H,4H2,1-3H3,(H,22,23)(H2,20,21,24). The first-order valence-electron chi connectivity index (χ1n) is 8.85. The number of benzene rings is 2. The SMILES string of the molecule is CCC(C)NC(=O)Nc1cc(C)c2nc(NS(=O)(=O)c3ccccc3)sc2c1. The molecule has 2 amide bonds. The molecule has 0 fully saturated rings. The molecule has 1 atom stereocenters. The summed E-state index contributed by atoms with van der Waals surface area (Å²) >= 11 is 1.22. The van der Waals surface area contributed by atoms with E-state index in [1.165, 1.54) is 23.5 Å². The number of hydrogen-bond acceptors (Lipinski definition) is 5. The Morgan fingerprint density at radius 2 is 1.93 bits per heavy atom. The van der Waals surface area contributed by atoms with E-state index >= 15 is 0 Å². The summed E-state index contributed by atoms with van der Waals surface area (Å²) in [7, 11) is -3.70. The molecule has 28 heavy (non-hydrogen) atoms. The summed E-state index contributed by atoms with van der Waals surface area (Å²) in [6.07, 6.45) is 0.839. The fourth-order valence-electron chi connectivity index (χ4n) is 2.58. The van der Waals surface area contributed by atoms with Gasteiger partial charge < -0.3 is 10.6 Å². The highest BCUT2D eigenvalue weighted by Crippen LogP contribution is 2.32. The van der Waals surface area contributed by atoms with Crippen LogP contribution >= 0.6 is 11.3 Å². The monoisotopic (exact) mass is 418 g/mol. The molecule has 2 aromatic carbocycles. The molecule has 0 bridgehead atoms. The van der Waals surface area contributed by atoms with Crippen molar-refractivity contribution in [3.63, 3.8) is 0 Å². The molecule has 0 aliphatic carbocycles. The lowest BCUT2D eigenvalue weighted by Gasteiger charge is -2.12. The molecule has 1 heterocycles. The van der Waals surface area contributed by atoms with Crippen LogP contribution in [0.15, 0.2) is 47.4 Å². The molecule has 3 rings (SSSR count). The normalized spacial score (nSPS) is 12.5. The van der Waals surface area contributed by atoms with E-state index in [0.29, 0.717) is 11.2 Å². The van der Waals surface area contributed by atoms with Gasteiger partial charge in [-0.25, -0.2) is 18.2 Å². The highest BCUT2D eigenvalue weighted by Gasteiger charge is 2.17. The van der Waals surface area contributed by atoms with E-state index in [1.807, 2.05) is 26.8 Å². The molecule has 0 aliphatic heterocycles. The first kappa shape index (κ1) is 20.1. The topological polar surface area (TPSA) is 100 Å². The molecule has 1 unspecified atom stereocenters. The van der Waals surface area contributed by atoms with Gasteiger partial charge in [-0.15, -0.1) is 0 Å². The van der Waals surface area contributed by atoms with Crippen molar-refractivity contribution >= 4 is 48.4 Å². The van der Waals surface area contributed by atoms with Gasteiger partial charge >= 0.3 is 6.03 Å². The van der Waals surface area contributed by atoms with Gasteiger partial charge in [0.05, 0.1) is 15.1 Å². The Morgan fingerprint density at radius 3 is 2.61 bits per heavy atom. The molecule has 0 saturated heterocycles. The summed E-state index contributed by atoms with van der Waals surface area (Å²) in [6.45, 7) is 5.80. The van der Waals surface area contributed by atoms with Crippen LogP contribution in [0.5, 0.6) is 0 Å². The number of hydrogen-bond donors (Lipinski definition) is 3. The Bertz CT molecular complexity index is 1100. The first-order chi connectivity index (χ1) is 13.3. The van der Waals surface area contributed by atoms with Crippen molar-refractivity contribution in [1.29, 1.82) is 0 Å². The minimum atomic E-state index is -3.70. The van der Waals surface area contributed by atoms with Gasteiger partial charge in [0.15, 0.2) is 5.13 Å². The van der Waals surface area contributed by atoms with Gasteiger partial charge in [0.1, 0.15) is 0 Å². The average molecular weight is 419 g/mol. The summed E-state index contributed by atoms with van der Waals surface area (Å²) in [5.74, 6) is 0. The lowest BCUT2D eigenvalue weighted by molar-refractivity contribution is 0.249. The second-order valence-corrected chi connectivity index (χ2v) is 9.20. The number of nitrogens with one attached hydrogen (secondary N) is 3. The quantitative estimate of drug-likeness (QED) is 0.555. The number of thiazole rings is 1. The molecule has 0 saturated carbocycles. The van der Waals surface area contributed by atoms with Gasteiger partial charge in [0, 0.05) is 11.7 Å². The fraction of sp³-hybridized carbons (Fsp3) is 0.263. The second-order valence-electron chi connectivity index (χ2n) is 6.49. The molecular weight excluding hydrogens is 396 g/mol. The zero-order valence-electron chi connectivity index (χ0n) is 15.8. The number of fused-ring (bicyclic) bond motifs is 1. The zero-order valence-corrected chi connectivity index (χ0v) is 17.4. The maximum atomic E-state index is 12.5. The second kappa shape index (κ2) is 8.15. The highest BCUT2D eigenvalue weighted by molar-refractivity contribution is 7.93. The van der Waals surface area contributed by atoms with E-state index < -0.39 is 10.0 Å². The van der Waals surface area contributed by atoms with Gasteiger partial charge in [0.25, 0.3) is 10.0 Å². The smallest absolute Gasteiger partial charge is 0.319 e. The number of aryl methyl sites for hydroxylation is 1. The predicted molar refractivity (Wildman–Crippen MR) is 114 cm³/mol. The Hall–Kier alpha value is -2.65. The maximum Gasteiger partial charge on any atom is 0.319 e. The van der Waals surface area contributed by atoms with Gasteiger partial charge in [-0.05, 0) is 50.1 Å². The molecule has 1 aromatic heterocycles. The molecular formula is C19H22N4O3S2. The van der Waals surface area contributed by atoms with Crippen LogP contribution in [-0.4, -0.2) is 25.5 Å². The predicted octanol–water partition coefficient (Wildman–Crippen LogP) is 4.33. The molecule has 9 heteroatoms. The Kier molecular flexibility index (Phi) is 5.85. The van der Waals surface area contributed by atoms with E-state index in [1.54, 1.807) is 24.3 Å². The number of nitrogens with zero attached hydrogens (tertiary/aromatic N) is 1. The number of urea groups is 1. The van der Waals surface area contributed by atoms with Gasteiger partial charge in [-0.3, -0.25) is 4.72 Å². The third kappa shape index (κ3) is 4.60. The van der Waals surface area contributed by atoms with Crippen LogP contribution in [0.4, 0.5) is 15.6 Å². The molecule has 3 N–H and O–H groups in total. The van der Waals surface area contributed by atoms with Crippen molar-refractivity contribution in [2.75, 3.05) is 10.0 Å².